The van der Waals surface area contributed by atoms with Crippen LogP contribution in [0, 0.1) is 5.92 Å². The number of amides is 1. The number of ether oxygens (including phenoxy) is 1. The molecule has 0 radical (unpaired) electrons. The van der Waals surface area contributed by atoms with Gasteiger partial charge in [-0.25, -0.2) is 8.42 Å². The van der Waals surface area contributed by atoms with Gasteiger partial charge in [0.1, 0.15) is 5.75 Å². The molecule has 2 rings (SSSR count). The zero-order valence-corrected chi connectivity index (χ0v) is 11.9. The minimum atomic E-state index is -3.66. The number of carbonyl (C=O) groups excluding carboxylic acids is 1. The summed E-state index contributed by atoms with van der Waals surface area (Å²) in [6.07, 6.45) is 0.445. The van der Waals surface area contributed by atoms with Crippen LogP contribution in [-0.2, 0) is 14.8 Å². The number of carbonyl (C=O) groups is 1. The number of rotatable bonds is 4. The first-order chi connectivity index (χ1) is 9.36. The predicted octanol–water partition coefficient (Wildman–Crippen LogP) is -0.227. The average molecular weight is 299 g/mol. The second kappa shape index (κ2) is 5.29. The second-order valence-corrected chi connectivity index (χ2v) is 6.59. The van der Waals surface area contributed by atoms with Gasteiger partial charge in [0.05, 0.1) is 23.6 Å². The van der Waals surface area contributed by atoms with Gasteiger partial charge in [-0.1, -0.05) is 0 Å². The van der Waals surface area contributed by atoms with Crippen molar-refractivity contribution in [2.45, 2.75) is 11.3 Å². The average Bonchev–Trinajstić information content (AvgIpc) is 2.89. The standard InChI is InChI=1S/C12H17N3O4S/c1-19-11-3-2-9(6-10(11)13)20(17,18)15-5-4-8(7-15)12(14)16/h2-3,6,8H,4-5,7,13H2,1H3,(H2,14,16). The van der Waals surface area contributed by atoms with E-state index in [1.54, 1.807) is 0 Å². The van der Waals surface area contributed by atoms with Crippen molar-refractivity contribution in [3.05, 3.63) is 18.2 Å². The van der Waals surface area contributed by atoms with Gasteiger partial charge in [-0.15, -0.1) is 0 Å². The molecule has 20 heavy (non-hydrogen) atoms. The summed E-state index contributed by atoms with van der Waals surface area (Å²) in [4.78, 5) is 11.2. The maximum atomic E-state index is 12.4. The van der Waals surface area contributed by atoms with Crippen molar-refractivity contribution in [1.82, 2.24) is 4.31 Å². The summed E-state index contributed by atoms with van der Waals surface area (Å²) >= 11 is 0. The zero-order chi connectivity index (χ0) is 14.9. The number of nitrogens with zero attached hydrogens (tertiary/aromatic N) is 1. The van der Waals surface area contributed by atoms with E-state index in [1.807, 2.05) is 0 Å². The topological polar surface area (TPSA) is 116 Å². The molecule has 1 heterocycles. The van der Waals surface area contributed by atoms with Gasteiger partial charge in [-0.3, -0.25) is 4.79 Å². The molecule has 0 aliphatic carbocycles. The molecule has 1 atom stereocenters. The van der Waals surface area contributed by atoms with Crippen LogP contribution in [0.25, 0.3) is 0 Å². The largest absolute Gasteiger partial charge is 0.495 e. The van der Waals surface area contributed by atoms with E-state index in [9.17, 15) is 13.2 Å². The molecule has 1 aromatic carbocycles. The molecule has 0 bridgehead atoms. The van der Waals surface area contributed by atoms with Crippen LogP contribution in [0.2, 0.25) is 0 Å². The van der Waals surface area contributed by atoms with E-state index in [0.29, 0.717) is 12.2 Å². The Morgan fingerprint density at radius 1 is 1.45 bits per heavy atom. The molecule has 1 aromatic rings. The molecule has 1 saturated heterocycles. The Hall–Kier alpha value is -1.80. The van der Waals surface area contributed by atoms with Gasteiger partial charge in [-0.05, 0) is 24.6 Å². The molecule has 1 amide bonds. The molecule has 7 nitrogen and oxygen atoms in total. The molecule has 110 valence electrons. The summed E-state index contributed by atoms with van der Waals surface area (Å²) in [6, 6.07) is 4.29. The van der Waals surface area contributed by atoms with Crippen LogP contribution in [0.15, 0.2) is 23.1 Å². The minimum Gasteiger partial charge on any atom is -0.495 e. The molecule has 1 unspecified atom stereocenters. The molecule has 0 spiro atoms. The predicted molar refractivity (Wildman–Crippen MR) is 73.5 cm³/mol. The Balaban J connectivity index is 2.27. The number of nitrogen functional groups attached to an aromatic ring is 1. The first kappa shape index (κ1) is 14.6. The highest BCUT2D eigenvalue weighted by Gasteiger charge is 2.35. The van der Waals surface area contributed by atoms with Gasteiger partial charge >= 0.3 is 0 Å². The molecule has 0 aromatic heterocycles. The fraction of sp³-hybridized carbons (Fsp3) is 0.417. The van der Waals surface area contributed by atoms with E-state index in [-0.39, 0.29) is 23.7 Å². The number of hydrogen-bond donors (Lipinski definition) is 2. The van der Waals surface area contributed by atoms with Crippen LogP contribution in [0.1, 0.15) is 6.42 Å². The Morgan fingerprint density at radius 3 is 2.65 bits per heavy atom. The third-order valence-electron chi connectivity index (χ3n) is 3.39. The second-order valence-electron chi connectivity index (χ2n) is 4.65. The highest BCUT2D eigenvalue weighted by molar-refractivity contribution is 7.89. The number of nitrogens with two attached hydrogens (primary N) is 2. The Labute approximate surface area is 117 Å². The lowest BCUT2D eigenvalue weighted by molar-refractivity contribution is -0.121. The lowest BCUT2D eigenvalue weighted by Gasteiger charge is -2.17. The monoisotopic (exact) mass is 299 g/mol. The van der Waals surface area contributed by atoms with Crippen molar-refractivity contribution in [3.8, 4) is 5.75 Å². The van der Waals surface area contributed by atoms with E-state index in [4.69, 9.17) is 16.2 Å². The highest BCUT2D eigenvalue weighted by atomic mass is 32.2. The zero-order valence-electron chi connectivity index (χ0n) is 11.1. The maximum absolute atomic E-state index is 12.4. The number of benzene rings is 1. The molecule has 1 aliphatic rings. The number of primary amides is 1. The van der Waals surface area contributed by atoms with Crippen molar-refractivity contribution >= 4 is 21.6 Å². The Morgan fingerprint density at radius 2 is 2.15 bits per heavy atom. The SMILES string of the molecule is COc1ccc(S(=O)(=O)N2CCC(C(N)=O)C2)cc1N. The van der Waals surface area contributed by atoms with Gasteiger partial charge in [-0.2, -0.15) is 4.31 Å². The lowest BCUT2D eigenvalue weighted by Crippen LogP contribution is -2.31. The van der Waals surface area contributed by atoms with E-state index >= 15 is 0 Å². The molecule has 8 heteroatoms. The fourth-order valence-electron chi connectivity index (χ4n) is 2.20. The van der Waals surface area contributed by atoms with Gasteiger partial charge in [0.25, 0.3) is 0 Å². The van der Waals surface area contributed by atoms with E-state index in [2.05, 4.69) is 0 Å². The van der Waals surface area contributed by atoms with Gasteiger partial charge < -0.3 is 16.2 Å². The van der Waals surface area contributed by atoms with Crippen LogP contribution >= 0.6 is 0 Å². The molecule has 1 fully saturated rings. The number of hydrogen-bond acceptors (Lipinski definition) is 5. The summed E-state index contributed by atoms with van der Waals surface area (Å²) in [5.74, 6) is -0.488. The van der Waals surface area contributed by atoms with Crippen LogP contribution in [-0.4, -0.2) is 38.8 Å². The molecule has 1 aliphatic heterocycles. The van der Waals surface area contributed by atoms with Crippen LogP contribution < -0.4 is 16.2 Å². The van der Waals surface area contributed by atoms with Gasteiger partial charge in [0, 0.05) is 13.1 Å². The Bertz CT molecular complexity index is 630. The van der Waals surface area contributed by atoms with E-state index < -0.39 is 21.8 Å². The summed E-state index contributed by atoms with van der Waals surface area (Å²) in [6.45, 7) is 0.394. The molecule has 4 N–H and O–H groups in total. The van der Waals surface area contributed by atoms with Crippen molar-refractivity contribution in [2.75, 3.05) is 25.9 Å². The summed E-state index contributed by atoms with van der Waals surface area (Å²) in [7, 11) is -2.21. The van der Waals surface area contributed by atoms with Crippen molar-refractivity contribution < 1.29 is 17.9 Å². The first-order valence-corrected chi connectivity index (χ1v) is 7.53. The first-order valence-electron chi connectivity index (χ1n) is 6.09. The highest BCUT2D eigenvalue weighted by Crippen LogP contribution is 2.28. The third-order valence-corrected chi connectivity index (χ3v) is 5.25. The summed E-state index contributed by atoms with van der Waals surface area (Å²) < 4.78 is 31.1. The third kappa shape index (κ3) is 2.56. The lowest BCUT2D eigenvalue weighted by atomic mass is 10.1. The van der Waals surface area contributed by atoms with Crippen molar-refractivity contribution in [1.29, 1.82) is 0 Å². The van der Waals surface area contributed by atoms with Gasteiger partial charge in [0.15, 0.2) is 0 Å². The normalized spacial score (nSPS) is 19.9. The van der Waals surface area contributed by atoms with E-state index in [0.717, 1.165) is 0 Å². The minimum absolute atomic E-state index is 0.0842. The molecular formula is C12H17N3O4S. The van der Waals surface area contributed by atoms with Crippen LogP contribution in [0.5, 0.6) is 5.75 Å². The quantitative estimate of drug-likeness (QED) is 0.745. The van der Waals surface area contributed by atoms with Crippen LogP contribution in [0.3, 0.4) is 0 Å². The van der Waals surface area contributed by atoms with Crippen molar-refractivity contribution in [3.63, 3.8) is 0 Å². The van der Waals surface area contributed by atoms with Crippen molar-refractivity contribution in [2.24, 2.45) is 11.7 Å². The van der Waals surface area contributed by atoms with Crippen LogP contribution in [0.4, 0.5) is 5.69 Å². The summed E-state index contributed by atoms with van der Waals surface area (Å²) in [5, 5.41) is 0. The van der Waals surface area contributed by atoms with Gasteiger partial charge in [0.2, 0.25) is 15.9 Å². The molecular weight excluding hydrogens is 282 g/mol. The smallest absolute Gasteiger partial charge is 0.243 e. The number of sulfonamides is 1. The van der Waals surface area contributed by atoms with E-state index in [1.165, 1.54) is 29.6 Å². The fourth-order valence-corrected chi connectivity index (χ4v) is 3.74. The number of methoxy groups -OCH3 is 1. The maximum Gasteiger partial charge on any atom is 0.243 e. The Kier molecular flexibility index (Phi) is 3.87. The molecule has 0 saturated carbocycles. The number of anilines is 1. The summed E-state index contributed by atoms with van der Waals surface area (Å²) in [5.41, 5.74) is 11.2.